The van der Waals surface area contributed by atoms with E-state index in [1.807, 2.05) is 13.0 Å². The maximum Gasteiger partial charge on any atom is 0.132 e. The molecule has 4 rings (SSSR count). The van der Waals surface area contributed by atoms with E-state index in [-0.39, 0.29) is 0 Å². The van der Waals surface area contributed by atoms with Crippen molar-refractivity contribution in [1.29, 1.82) is 0 Å². The number of hydrogen-bond acceptors (Lipinski definition) is 5. The van der Waals surface area contributed by atoms with E-state index in [0.29, 0.717) is 17.0 Å². The topological polar surface area (TPSA) is 64.5 Å². The Balaban J connectivity index is 1.66. The molecule has 0 amide bonds. The second-order valence-electron chi connectivity index (χ2n) is 5.30. The summed E-state index contributed by atoms with van der Waals surface area (Å²) >= 11 is 5.92. The van der Waals surface area contributed by atoms with Gasteiger partial charge >= 0.3 is 0 Å². The van der Waals surface area contributed by atoms with Gasteiger partial charge in [-0.15, -0.1) is 0 Å². The second-order valence-corrected chi connectivity index (χ2v) is 5.69. The molecule has 0 aliphatic heterocycles. The summed E-state index contributed by atoms with van der Waals surface area (Å²) in [6, 6.07) is 3.67. The van der Waals surface area contributed by atoms with E-state index < -0.39 is 0 Å². The first kappa shape index (κ1) is 12.6. The van der Waals surface area contributed by atoms with Crippen LogP contribution in [0.4, 0.5) is 0 Å². The highest BCUT2D eigenvalue weighted by Crippen LogP contribution is 2.52. The fourth-order valence-corrected chi connectivity index (χ4v) is 2.66. The molecule has 1 fully saturated rings. The van der Waals surface area contributed by atoms with Gasteiger partial charge in [-0.3, -0.25) is 0 Å². The zero-order valence-electron chi connectivity index (χ0n) is 11.4. The van der Waals surface area contributed by atoms with Crippen LogP contribution in [0.15, 0.2) is 30.7 Å². The molecule has 0 unspecified atom stereocenters. The van der Waals surface area contributed by atoms with Crippen molar-refractivity contribution in [1.82, 2.24) is 24.9 Å². The number of rotatable bonds is 2. The predicted molar refractivity (Wildman–Crippen MR) is 79.2 cm³/mol. The van der Waals surface area contributed by atoms with Crippen LogP contribution in [0.3, 0.4) is 0 Å². The fraction of sp³-hybridized carbons (Fsp3) is 0.267. The lowest BCUT2D eigenvalue weighted by Crippen LogP contribution is -1.98. The lowest BCUT2D eigenvalue weighted by atomic mass is 10.2. The minimum Gasteiger partial charge on any atom is -0.244 e. The molecule has 6 heteroatoms. The molecule has 0 bridgehead atoms. The van der Waals surface area contributed by atoms with Gasteiger partial charge in [-0.05, 0) is 19.4 Å². The number of fused-ring (bicyclic) bond motifs is 1. The molecule has 3 aromatic rings. The monoisotopic (exact) mass is 297 g/mol. The maximum atomic E-state index is 5.92. The first-order valence-electron chi connectivity index (χ1n) is 6.78. The standard InChI is InChI=1S/C15H12ClN5/c1-8-2-3-17-14(20-8)10-4-11(10)15-19-7-9-6-18-13(16)5-12(9)21-15/h2-3,5-7,10-11H,4H2,1H3/t10-,11-/m0/s1. The van der Waals surface area contributed by atoms with E-state index in [1.54, 1.807) is 24.7 Å². The molecule has 2 atom stereocenters. The van der Waals surface area contributed by atoms with Gasteiger partial charge in [0.15, 0.2) is 0 Å². The number of halogens is 1. The maximum absolute atomic E-state index is 5.92. The van der Waals surface area contributed by atoms with Crippen LogP contribution in [-0.2, 0) is 0 Å². The number of aromatic nitrogens is 5. The van der Waals surface area contributed by atoms with Gasteiger partial charge in [0.2, 0.25) is 0 Å². The number of hydrogen-bond donors (Lipinski definition) is 0. The van der Waals surface area contributed by atoms with Gasteiger partial charge < -0.3 is 0 Å². The SMILES string of the molecule is Cc1ccnc([C@H]2C[C@@H]2c2ncc3cnc(Cl)cc3n2)n1. The Labute approximate surface area is 126 Å². The summed E-state index contributed by atoms with van der Waals surface area (Å²) in [5, 5.41) is 1.34. The molecule has 0 radical (unpaired) electrons. The van der Waals surface area contributed by atoms with E-state index in [1.165, 1.54) is 0 Å². The molecule has 104 valence electrons. The largest absolute Gasteiger partial charge is 0.244 e. The highest BCUT2D eigenvalue weighted by atomic mass is 35.5. The van der Waals surface area contributed by atoms with Crippen LogP contribution in [-0.4, -0.2) is 24.9 Å². The Bertz CT molecular complexity index is 835. The van der Waals surface area contributed by atoms with Crippen LogP contribution in [0.25, 0.3) is 10.9 Å². The van der Waals surface area contributed by atoms with Crippen LogP contribution in [0.5, 0.6) is 0 Å². The summed E-state index contributed by atoms with van der Waals surface area (Å²) in [5.74, 6) is 2.33. The lowest BCUT2D eigenvalue weighted by molar-refractivity contribution is 0.844. The molecule has 1 saturated carbocycles. The highest BCUT2D eigenvalue weighted by molar-refractivity contribution is 6.29. The minimum absolute atomic E-state index is 0.295. The summed E-state index contributed by atoms with van der Waals surface area (Å²) in [6.45, 7) is 1.98. The van der Waals surface area contributed by atoms with Crippen molar-refractivity contribution in [3.63, 3.8) is 0 Å². The zero-order chi connectivity index (χ0) is 14.4. The number of nitrogens with zero attached hydrogens (tertiary/aromatic N) is 5. The van der Waals surface area contributed by atoms with Crippen LogP contribution in [0.1, 0.15) is 35.6 Å². The summed E-state index contributed by atoms with van der Waals surface area (Å²) in [6.07, 6.45) is 6.29. The minimum atomic E-state index is 0.295. The van der Waals surface area contributed by atoms with Crippen molar-refractivity contribution in [3.05, 3.63) is 53.2 Å². The van der Waals surface area contributed by atoms with Crippen LogP contribution in [0, 0.1) is 6.92 Å². The molecule has 21 heavy (non-hydrogen) atoms. The van der Waals surface area contributed by atoms with Crippen LogP contribution >= 0.6 is 11.6 Å². The Hall–Kier alpha value is -2.14. The van der Waals surface area contributed by atoms with Crippen molar-refractivity contribution in [2.45, 2.75) is 25.2 Å². The van der Waals surface area contributed by atoms with Crippen molar-refractivity contribution in [2.24, 2.45) is 0 Å². The molecule has 0 N–H and O–H groups in total. The summed E-state index contributed by atoms with van der Waals surface area (Å²) in [7, 11) is 0. The van der Waals surface area contributed by atoms with Gasteiger partial charge in [0.05, 0.1) is 5.52 Å². The Kier molecular flexibility index (Phi) is 2.82. The lowest BCUT2D eigenvalue weighted by Gasteiger charge is -2.02. The van der Waals surface area contributed by atoms with Gasteiger partial charge in [-0.25, -0.2) is 24.9 Å². The van der Waals surface area contributed by atoms with Crippen molar-refractivity contribution in [3.8, 4) is 0 Å². The third-order valence-corrected chi connectivity index (χ3v) is 3.92. The normalized spacial score (nSPS) is 20.7. The summed E-state index contributed by atoms with van der Waals surface area (Å²) in [5.41, 5.74) is 1.82. The molecule has 3 heterocycles. The van der Waals surface area contributed by atoms with Crippen molar-refractivity contribution < 1.29 is 0 Å². The van der Waals surface area contributed by atoms with E-state index in [4.69, 9.17) is 11.6 Å². The van der Waals surface area contributed by atoms with Gasteiger partial charge in [0.1, 0.15) is 16.8 Å². The third-order valence-electron chi connectivity index (χ3n) is 3.72. The highest BCUT2D eigenvalue weighted by Gasteiger charge is 2.43. The molecule has 0 aromatic carbocycles. The van der Waals surface area contributed by atoms with Crippen molar-refractivity contribution >= 4 is 22.5 Å². The molecular weight excluding hydrogens is 286 g/mol. The average molecular weight is 298 g/mol. The zero-order valence-corrected chi connectivity index (χ0v) is 12.1. The Morgan fingerprint density at radius 2 is 1.81 bits per heavy atom. The second kappa shape index (κ2) is 4.70. The number of pyridine rings is 1. The van der Waals surface area contributed by atoms with E-state index in [0.717, 1.165) is 34.7 Å². The quantitative estimate of drug-likeness (QED) is 0.680. The van der Waals surface area contributed by atoms with Gasteiger partial charge in [0.25, 0.3) is 0 Å². The third kappa shape index (κ3) is 2.34. The van der Waals surface area contributed by atoms with Gasteiger partial charge in [-0.2, -0.15) is 0 Å². The van der Waals surface area contributed by atoms with E-state index >= 15 is 0 Å². The van der Waals surface area contributed by atoms with E-state index in [9.17, 15) is 0 Å². The number of aryl methyl sites for hydroxylation is 1. The average Bonchev–Trinajstić information content (AvgIpc) is 3.27. The molecule has 5 nitrogen and oxygen atoms in total. The molecule has 3 aromatic heterocycles. The van der Waals surface area contributed by atoms with Gasteiger partial charge in [0, 0.05) is 47.6 Å². The molecule has 0 saturated heterocycles. The van der Waals surface area contributed by atoms with Crippen LogP contribution in [0.2, 0.25) is 5.15 Å². The van der Waals surface area contributed by atoms with E-state index in [2.05, 4.69) is 24.9 Å². The molecular formula is C15H12ClN5. The molecule has 1 aliphatic rings. The first-order chi connectivity index (χ1) is 10.2. The fourth-order valence-electron chi connectivity index (χ4n) is 2.51. The smallest absolute Gasteiger partial charge is 0.132 e. The summed E-state index contributed by atoms with van der Waals surface area (Å²) < 4.78 is 0. The predicted octanol–water partition coefficient (Wildman–Crippen LogP) is 3.05. The van der Waals surface area contributed by atoms with Crippen LogP contribution < -0.4 is 0 Å². The molecule has 0 spiro atoms. The van der Waals surface area contributed by atoms with Crippen molar-refractivity contribution in [2.75, 3.05) is 0 Å². The first-order valence-corrected chi connectivity index (χ1v) is 7.16. The van der Waals surface area contributed by atoms with Gasteiger partial charge in [-0.1, -0.05) is 11.6 Å². The summed E-state index contributed by atoms with van der Waals surface area (Å²) in [4.78, 5) is 21.9. The Morgan fingerprint density at radius 1 is 1.05 bits per heavy atom. The Morgan fingerprint density at radius 3 is 2.62 bits per heavy atom. The molecule has 1 aliphatic carbocycles.